The molecule has 0 aromatic rings. The Morgan fingerprint density at radius 1 is 0.461 bits per heavy atom. The fourth-order valence-corrected chi connectivity index (χ4v) is 10.5. The fourth-order valence-electron chi connectivity index (χ4n) is 10.5. The number of allylic oxidation sites excluding steroid dienone is 3. The van der Waals surface area contributed by atoms with Gasteiger partial charge in [0, 0.05) is 6.42 Å². The molecular weight excluding hydrogens is 967 g/mol. The molecule has 14 nitrogen and oxygen atoms in total. The van der Waals surface area contributed by atoms with Gasteiger partial charge in [0.15, 0.2) is 12.6 Å². The van der Waals surface area contributed by atoms with Crippen LogP contribution in [0.3, 0.4) is 0 Å². The highest BCUT2D eigenvalue weighted by Crippen LogP contribution is 2.30. The van der Waals surface area contributed by atoms with Crippen LogP contribution in [0.1, 0.15) is 271 Å². The first kappa shape index (κ1) is 70.6. The minimum absolute atomic E-state index is 0.243. The van der Waals surface area contributed by atoms with Crippen molar-refractivity contribution >= 4 is 5.91 Å². The highest BCUT2D eigenvalue weighted by molar-refractivity contribution is 5.76. The van der Waals surface area contributed by atoms with E-state index >= 15 is 0 Å². The average Bonchev–Trinajstić information content (AvgIpc) is 3.42. The van der Waals surface area contributed by atoms with Crippen LogP contribution in [0.4, 0.5) is 0 Å². The van der Waals surface area contributed by atoms with Crippen molar-refractivity contribution in [3.8, 4) is 0 Å². The van der Waals surface area contributed by atoms with Crippen LogP contribution in [-0.4, -0.2) is 140 Å². The molecule has 0 spiro atoms. The molecule has 2 aliphatic heterocycles. The summed E-state index contributed by atoms with van der Waals surface area (Å²) in [6.45, 7) is 2.82. The van der Waals surface area contributed by atoms with E-state index in [9.17, 15) is 45.6 Å². The van der Waals surface area contributed by atoms with E-state index in [2.05, 4.69) is 31.3 Å². The van der Waals surface area contributed by atoms with Crippen molar-refractivity contribution in [3.05, 3.63) is 24.3 Å². The minimum atomic E-state index is -1.79. The van der Waals surface area contributed by atoms with Crippen LogP contribution in [0.25, 0.3) is 0 Å². The Labute approximate surface area is 462 Å². The molecule has 448 valence electrons. The van der Waals surface area contributed by atoms with Gasteiger partial charge in [-0.3, -0.25) is 4.79 Å². The number of aliphatic hydroxyl groups is 8. The molecule has 0 aromatic carbocycles. The second-order valence-corrected chi connectivity index (χ2v) is 22.5. The van der Waals surface area contributed by atoms with Crippen LogP contribution in [0.2, 0.25) is 0 Å². The number of carbonyl (C=O) groups is 1. The predicted molar refractivity (Wildman–Crippen MR) is 305 cm³/mol. The van der Waals surface area contributed by atoms with Crippen molar-refractivity contribution in [1.82, 2.24) is 5.32 Å². The summed E-state index contributed by atoms with van der Waals surface area (Å²) in [6, 6.07) is -0.928. The number of ether oxygens (including phenoxy) is 4. The summed E-state index contributed by atoms with van der Waals surface area (Å²) in [6.07, 6.45) is 40.8. The molecule has 2 rings (SSSR count). The monoisotopic (exact) mass is 1080 g/mol. The van der Waals surface area contributed by atoms with E-state index in [1.54, 1.807) is 6.08 Å². The van der Waals surface area contributed by atoms with Crippen molar-refractivity contribution in [3.63, 3.8) is 0 Å². The van der Waals surface area contributed by atoms with E-state index < -0.39 is 86.8 Å². The second kappa shape index (κ2) is 48.2. The number of carbonyl (C=O) groups excluding carboxylic acids is 1. The Bertz CT molecular complexity index is 1370. The van der Waals surface area contributed by atoms with Gasteiger partial charge in [-0.2, -0.15) is 0 Å². The standard InChI is InChI=1S/C62H117NO13/c1-3-5-7-9-11-13-15-17-19-21-23-25-26-28-30-32-34-36-38-40-42-44-46-54(67)63-50(51(66)45-43-41-39-37-35-33-31-29-27-24-22-20-18-16-14-12-10-8-6-4-2)49-73-61-59(72)57(70)60(53(48-65)75-61)76-62-58(71)56(69)55(68)52(47-64)74-62/h35,37,43,45,50-53,55-62,64-66,68-72H,3-34,36,38-42,44,46-49H2,1-2H3,(H,63,67)/b37-35+,45-43+. The Morgan fingerprint density at radius 2 is 0.842 bits per heavy atom. The zero-order valence-electron chi connectivity index (χ0n) is 48.3. The van der Waals surface area contributed by atoms with Crippen LogP contribution in [0, 0.1) is 0 Å². The maximum absolute atomic E-state index is 13.3. The van der Waals surface area contributed by atoms with Gasteiger partial charge in [0.25, 0.3) is 0 Å². The van der Waals surface area contributed by atoms with Crippen molar-refractivity contribution in [2.24, 2.45) is 0 Å². The molecule has 2 heterocycles. The molecule has 9 N–H and O–H groups in total. The van der Waals surface area contributed by atoms with E-state index in [-0.39, 0.29) is 18.9 Å². The molecule has 2 saturated heterocycles. The van der Waals surface area contributed by atoms with Crippen molar-refractivity contribution in [2.45, 2.75) is 344 Å². The number of hydrogen-bond acceptors (Lipinski definition) is 13. The topological polar surface area (TPSA) is 228 Å². The number of rotatable bonds is 51. The summed E-state index contributed by atoms with van der Waals surface area (Å²) >= 11 is 0. The molecule has 76 heavy (non-hydrogen) atoms. The van der Waals surface area contributed by atoms with Crippen LogP contribution < -0.4 is 5.32 Å². The maximum Gasteiger partial charge on any atom is 0.220 e. The lowest BCUT2D eigenvalue weighted by Gasteiger charge is -2.46. The lowest BCUT2D eigenvalue weighted by Crippen LogP contribution is -2.65. The summed E-state index contributed by atoms with van der Waals surface area (Å²) in [5.74, 6) is -0.243. The lowest BCUT2D eigenvalue weighted by atomic mass is 9.97. The normalized spacial score (nSPS) is 25.0. The quantitative estimate of drug-likeness (QED) is 0.0204. The number of unbranched alkanes of at least 4 members (excludes halogenated alkanes) is 36. The zero-order valence-corrected chi connectivity index (χ0v) is 48.3. The first-order valence-corrected chi connectivity index (χ1v) is 31.6. The molecule has 12 atom stereocenters. The molecule has 0 aliphatic carbocycles. The van der Waals surface area contributed by atoms with Crippen LogP contribution in [0.5, 0.6) is 0 Å². The van der Waals surface area contributed by atoms with E-state index in [0.29, 0.717) is 12.8 Å². The average molecular weight is 1080 g/mol. The van der Waals surface area contributed by atoms with Crippen molar-refractivity contribution in [2.75, 3.05) is 19.8 Å². The van der Waals surface area contributed by atoms with Crippen LogP contribution >= 0.6 is 0 Å². The Morgan fingerprint density at radius 3 is 1.29 bits per heavy atom. The number of aliphatic hydroxyl groups excluding tert-OH is 8. The van der Waals surface area contributed by atoms with Gasteiger partial charge in [-0.05, 0) is 32.1 Å². The van der Waals surface area contributed by atoms with Crippen LogP contribution in [0.15, 0.2) is 24.3 Å². The Kier molecular flexibility index (Phi) is 44.8. The molecule has 2 aliphatic rings. The Balaban J connectivity index is 1.75. The molecule has 0 saturated carbocycles. The molecule has 0 bridgehead atoms. The second-order valence-electron chi connectivity index (χ2n) is 22.5. The molecule has 12 unspecified atom stereocenters. The smallest absolute Gasteiger partial charge is 0.220 e. The molecule has 2 fully saturated rings. The van der Waals surface area contributed by atoms with E-state index in [1.807, 2.05) is 6.08 Å². The maximum atomic E-state index is 13.3. The van der Waals surface area contributed by atoms with Gasteiger partial charge in [-0.25, -0.2) is 0 Å². The summed E-state index contributed by atoms with van der Waals surface area (Å²) < 4.78 is 22.8. The summed E-state index contributed by atoms with van der Waals surface area (Å²) in [7, 11) is 0. The van der Waals surface area contributed by atoms with Crippen molar-refractivity contribution < 1.29 is 64.6 Å². The van der Waals surface area contributed by atoms with E-state index in [0.717, 1.165) is 32.1 Å². The zero-order chi connectivity index (χ0) is 55.3. The van der Waals surface area contributed by atoms with Gasteiger partial charge in [0.05, 0.1) is 32.0 Å². The first-order valence-electron chi connectivity index (χ1n) is 31.6. The highest BCUT2D eigenvalue weighted by atomic mass is 16.7. The van der Waals surface area contributed by atoms with Gasteiger partial charge < -0.3 is 65.1 Å². The largest absolute Gasteiger partial charge is 0.394 e. The van der Waals surface area contributed by atoms with Gasteiger partial charge in [-0.1, -0.05) is 256 Å². The van der Waals surface area contributed by atoms with E-state index in [1.165, 1.54) is 205 Å². The third-order valence-electron chi connectivity index (χ3n) is 15.6. The molecular formula is C62H117NO13. The molecule has 0 radical (unpaired) electrons. The van der Waals surface area contributed by atoms with Gasteiger partial charge in [-0.15, -0.1) is 0 Å². The summed E-state index contributed by atoms with van der Waals surface area (Å²) in [5, 5.41) is 87.2. The number of amides is 1. The SMILES string of the molecule is CCCCCCCCCCCCCCCC/C=C/CC/C=C/C(O)C(COC1OC(CO)C(OC2OC(CO)C(O)C(O)C2O)C(O)C1O)NC(=O)CCCCCCCCCCCCCCCCCCCCCCCC. The van der Waals surface area contributed by atoms with Gasteiger partial charge >= 0.3 is 0 Å². The van der Waals surface area contributed by atoms with E-state index in [4.69, 9.17) is 18.9 Å². The van der Waals surface area contributed by atoms with Crippen LogP contribution in [-0.2, 0) is 23.7 Å². The summed E-state index contributed by atoms with van der Waals surface area (Å²) in [4.78, 5) is 13.3. The van der Waals surface area contributed by atoms with Crippen molar-refractivity contribution in [1.29, 1.82) is 0 Å². The lowest BCUT2D eigenvalue weighted by molar-refractivity contribution is -0.359. The Hall–Kier alpha value is -1.53. The fraction of sp³-hybridized carbons (Fsp3) is 0.919. The summed E-state index contributed by atoms with van der Waals surface area (Å²) in [5.41, 5.74) is 0. The third kappa shape index (κ3) is 33.3. The number of nitrogens with one attached hydrogen (secondary N) is 1. The predicted octanol–water partition coefficient (Wildman–Crippen LogP) is 11.2. The first-order chi connectivity index (χ1) is 37.1. The van der Waals surface area contributed by atoms with Gasteiger partial charge in [0.1, 0.15) is 48.8 Å². The molecule has 1 amide bonds. The highest BCUT2D eigenvalue weighted by Gasteiger charge is 2.51. The molecule has 0 aromatic heterocycles. The van der Waals surface area contributed by atoms with Gasteiger partial charge in [0.2, 0.25) is 5.91 Å². The number of hydrogen-bond donors (Lipinski definition) is 9. The molecule has 14 heteroatoms. The third-order valence-corrected chi connectivity index (χ3v) is 15.6. The minimum Gasteiger partial charge on any atom is -0.394 e.